The Morgan fingerprint density at radius 1 is 1.12 bits per heavy atom. The summed E-state index contributed by atoms with van der Waals surface area (Å²) in [6.07, 6.45) is -0.883. The number of hydrogen-bond acceptors (Lipinski definition) is 3. The summed E-state index contributed by atoms with van der Waals surface area (Å²) >= 11 is 0. The maximum atomic E-state index is 14.0. The summed E-state index contributed by atoms with van der Waals surface area (Å²) in [5.74, 6) is -5.01. The van der Waals surface area contributed by atoms with Crippen LogP contribution in [0.3, 0.4) is 0 Å². The predicted octanol–water partition coefficient (Wildman–Crippen LogP) is 4.17. The summed E-state index contributed by atoms with van der Waals surface area (Å²) < 4.78 is 58.7. The molecule has 0 aliphatic carbocycles. The molecule has 2 aromatic rings. The third-order valence-corrected chi connectivity index (χ3v) is 3.64. The summed E-state index contributed by atoms with van der Waals surface area (Å²) in [6.45, 7) is -1.49. The monoisotopic (exact) mass is 410 g/mol. The van der Waals surface area contributed by atoms with Crippen LogP contribution in [0, 0.1) is 11.6 Å². The van der Waals surface area contributed by atoms with Crippen molar-refractivity contribution in [2.24, 2.45) is 0 Å². The average molecular weight is 410 g/mol. The third-order valence-electron chi connectivity index (χ3n) is 3.64. The van der Waals surface area contributed by atoms with Gasteiger partial charge in [0, 0.05) is 22.8 Å². The Morgan fingerprint density at radius 3 is 2.23 bits per heavy atom. The summed E-state index contributed by atoms with van der Waals surface area (Å²) in [6, 6.07) is 10.6. The van der Waals surface area contributed by atoms with Crippen LogP contribution in [-0.2, 0) is 28.4 Å². The zero-order valence-corrected chi connectivity index (χ0v) is 14.4. The molecule has 140 valence electrons. The molecule has 1 saturated heterocycles. The molecule has 9 heteroatoms. The Labute approximate surface area is 157 Å². The average Bonchev–Trinajstić information content (AvgIpc) is 2.51. The second-order valence-corrected chi connectivity index (χ2v) is 5.69. The summed E-state index contributed by atoms with van der Waals surface area (Å²) in [5, 5.41) is 2.20. The van der Waals surface area contributed by atoms with Crippen molar-refractivity contribution in [2.75, 3.05) is 23.3 Å². The molecule has 0 bridgehead atoms. The number of rotatable bonds is 4. The first-order chi connectivity index (χ1) is 11.8. The Morgan fingerprint density at radius 2 is 1.69 bits per heavy atom. The Hall–Kier alpha value is -2.25. The quantitative estimate of drug-likeness (QED) is 0.608. The maximum Gasteiger partial charge on any atom is 0.411 e. The molecule has 1 N–H and O–H groups in total. The molecule has 1 heterocycles. The molecule has 1 amide bonds. The van der Waals surface area contributed by atoms with Gasteiger partial charge in [-0.25, -0.2) is 22.4 Å². The zero-order chi connectivity index (χ0) is 18.0. The first-order valence-corrected chi connectivity index (χ1v) is 7.43. The number of amides is 1. The molecule has 1 fully saturated rings. The van der Waals surface area contributed by atoms with Crippen LogP contribution in [0.1, 0.15) is 5.56 Å². The van der Waals surface area contributed by atoms with E-state index in [9.17, 15) is 22.4 Å². The van der Waals surface area contributed by atoms with Gasteiger partial charge in [-0.2, -0.15) is 0 Å². The van der Waals surface area contributed by atoms with Crippen molar-refractivity contribution >= 4 is 17.5 Å². The smallest absolute Gasteiger partial charge is 0.411 e. The molecule has 0 unspecified atom stereocenters. The fourth-order valence-corrected chi connectivity index (χ4v) is 2.49. The van der Waals surface area contributed by atoms with E-state index in [-0.39, 0.29) is 29.4 Å². The number of benzene rings is 2. The van der Waals surface area contributed by atoms with E-state index in [4.69, 9.17) is 4.74 Å². The fourth-order valence-electron chi connectivity index (χ4n) is 2.49. The Bertz CT molecular complexity index is 759. The van der Waals surface area contributed by atoms with Gasteiger partial charge in [0.1, 0.15) is 12.3 Å². The Balaban J connectivity index is 0.00000243. The van der Waals surface area contributed by atoms with Crippen LogP contribution < -0.4 is 10.2 Å². The third kappa shape index (κ3) is 4.68. The molecule has 0 radical (unpaired) electrons. The topological polar surface area (TPSA) is 41.6 Å². The molecule has 0 spiro atoms. The van der Waals surface area contributed by atoms with Crippen molar-refractivity contribution in [3.05, 3.63) is 59.7 Å². The minimum atomic E-state index is -2.95. The van der Waals surface area contributed by atoms with Gasteiger partial charge < -0.3 is 9.64 Å². The first-order valence-electron chi connectivity index (χ1n) is 7.43. The molecule has 26 heavy (non-hydrogen) atoms. The Kier molecular flexibility index (Phi) is 6.15. The van der Waals surface area contributed by atoms with Crippen LogP contribution in [0.2, 0.25) is 0 Å². The number of nitrogens with zero attached hydrogens (tertiary/aromatic N) is 1. The van der Waals surface area contributed by atoms with E-state index in [0.717, 1.165) is 22.6 Å². The molecule has 0 aromatic heterocycles. The molecule has 4 nitrogen and oxygen atoms in total. The number of ether oxygens (including phenoxy) is 1. The van der Waals surface area contributed by atoms with Gasteiger partial charge in [0.2, 0.25) is 0 Å². The summed E-state index contributed by atoms with van der Waals surface area (Å²) in [4.78, 5) is 12.6. The normalized spacial score (nSPS) is 14.8. The van der Waals surface area contributed by atoms with E-state index < -0.39 is 42.4 Å². The van der Waals surface area contributed by atoms with Crippen LogP contribution in [0.15, 0.2) is 42.5 Å². The van der Waals surface area contributed by atoms with Crippen molar-refractivity contribution in [1.29, 1.82) is 0 Å². The van der Waals surface area contributed by atoms with Crippen molar-refractivity contribution < 1.29 is 44.2 Å². The van der Waals surface area contributed by atoms with Gasteiger partial charge in [-0.05, 0) is 17.7 Å². The molecular weight excluding hydrogens is 396 g/mol. The molecule has 3 rings (SSSR count). The SMILES string of the molecule is O=C(Nc1cc(F)c(N2CC(F)(F)C2)c(F)c1)OCc1ccccc1.[Fe]. The van der Waals surface area contributed by atoms with Gasteiger partial charge in [0.15, 0.2) is 11.6 Å². The second-order valence-electron chi connectivity index (χ2n) is 5.69. The number of nitrogens with one attached hydrogen (secondary N) is 1. The van der Waals surface area contributed by atoms with Crippen LogP contribution in [0.4, 0.5) is 33.7 Å². The van der Waals surface area contributed by atoms with Crippen LogP contribution >= 0.6 is 0 Å². The molecule has 1 aliphatic heterocycles. The van der Waals surface area contributed by atoms with Gasteiger partial charge in [0.25, 0.3) is 5.92 Å². The molecule has 1 aliphatic rings. The number of hydrogen-bond donors (Lipinski definition) is 1. The molecule has 2 aromatic carbocycles. The first kappa shape index (κ1) is 20.1. The molecular formula is C17H14F4FeN2O2. The van der Waals surface area contributed by atoms with Crippen molar-refractivity contribution in [2.45, 2.75) is 12.5 Å². The predicted molar refractivity (Wildman–Crippen MR) is 83.8 cm³/mol. The van der Waals surface area contributed by atoms with Crippen molar-refractivity contribution in [1.82, 2.24) is 0 Å². The van der Waals surface area contributed by atoms with Gasteiger partial charge in [0.05, 0.1) is 13.1 Å². The van der Waals surface area contributed by atoms with E-state index in [1.165, 1.54) is 0 Å². The van der Waals surface area contributed by atoms with Gasteiger partial charge in [-0.3, -0.25) is 5.32 Å². The van der Waals surface area contributed by atoms with Crippen LogP contribution in [-0.4, -0.2) is 25.1 Å². The number of alkyl halides is 2. The van der Waals surface area contributed by atoms with Crippen molar-refractivity contribution in [3.63, 3.8) is 0 Å². The summed E-state index contributed by atoms with van der Waals surface area (Å²) in [7, 11) is 0. The van der Waals surface area contributed by atoms with Crippen molar-refractivity contribution in [3.8, 4) is 0 Å². The largest absolute Gasteiger partial charge is 0.444 e. The molecule has 0 saturated carbocycles. The standard InChI is InChI=1S/C17H14F4N2O2.Fe/c18-13-6-12(7-14(19)15(13)23-9-17(20,21)10-23)22-16(24)25-8-11-4-2-1-3-5-11;/h1-7H,8-10H2,(H,22,24);. The van der Waals surface area contributed by atoms with E-state index >= 15 is 0 Å². The number of carbonyl (C=O) groups is 1. The number of anilines is 2. The van der Waals surface area contributed by atoms with Gasteiger partial charge in [-0.15, -0.1) is 0 Å². The van der Waals surface area contributed by atoms with Gasteiger partial charge in [-0.1, -0.05) is 30.3 Å². The second kappa shape index (κ2) is 7.97. The van der Waals surface area contributed by atoms with E-state index in [0.29, 0.717) is 0 Å². The fraction of sp³-hybridized carbons (Fsp3) is 0.235. The minimum absolute atomic E-state index is 0. The molecule has 0 atom stereocenters. The number of halogens is 4. The number of carbonyl (C=O) groups excluding carboxylic acids is 1. The maximum absolute atomic E-state index is 14.0. The van der Waals surface area contributed by atoms with E-state index in [1.54, 1.807) is 24.3 Å². The van der Waals surface area contributed by atoms with Gasteiger partial charge >= 0.3 is 6.09 Å². The van der Waals surface area contributed by atoms with E-state index in [1.807, 2.05) is 6.07 Å². The summed E-state index contributed by atoms with van der Waals surface area (Å²) in [5.41, 5.74) is 0.0577. The minimum Gasteiger partial charge on any atom is -0.444 e. The van der Waals surface area contributed by atoms with E-state index in [2.05, 4.69) is 5.32 Å². The zero-order valence-electron chi connectivity index (χ0n) is 13.3. The van der Waals surface area contributed by atoms with Crippen LogP contribution in [0.25, 0.3) is 0 Å². The van der Waals surface area contributed by atoms with Crippen LogP contribution in [0.5, 0.6) is 0 Å².